The largest absolute Gasteiger partial charge is 0.497 e. The summed E-state index contributed by atoms with van der Waals surface area (Å²) in [5.41, 5.74) is 9.13. The molecular formula is C24H22N4O3. The van der Waals surface area contributed by atoms with E-state index in [9.17, 15) is 4.79 Å². The van der Waals surface area contributed by atoms with Crippen LogP contribution >= 0.6 is 0 Å². The number of para-hydroxylation sites is 2. The van der Waals surface area contributed by atoms with Gasteiger partial charge in [-0.25, -0.2) is 0 Å². The van der Waals surface area contributed by atoms with Gasteiger partial charge < -0.3 is 19.5 Å². The minimum absolute atomic E-state index is 0.0656. The number of aldehydes is 1. The summed E-state index contributed by atoms with van der Waals surface area (Å²) < 4.78 is 12.3. The zero-order valence-electron chi connectivity index (χ0n) is 17.3. The molecule has 7 nitrogen and oxygen atoms in total. The summed E-state index contributed by atoms with van der Waals surface area (Å²) in [6.45, 7) is 2.97. The van der Waals surface area contributed by atoms with E-state index >= 15 is 0 Å². The predicted octanol–water partition coefficient (Wildman–Crippen LogP) is 4.95. The molecule has 31 heavy (non-hydrogen) atoms. The van der Waals surface area contributed by atoms with Crippen LogP contribution in [-0.4, -0.2) is 28.2 Å². The first-order valence-corrected chi connectivity index (χ1v) is 9.84. The van der Waals surface area contributed by atoms with Crippen molar-refractivity contribution in [1.29, 1.82) is 0 Å². The third kappa shape index (κ3) is 3.85. The number of fused-ring (bicyclic) bond motifs is 3. The van der Waals surface area contributed by atoms with Crippen molar-refractivity contribution in [2.75, 3.05) is 12.8 Å². The zero-order valence-corrected chi connectivity index (χ0v) is 17.3. The molecule has 2 heterocycles. The topological polar surface area (TPSA) is 96.2 Å². The van der Waals surface area contributed by atoms with Crippen LogP contribution in [0.1, 0.15) is 17.3 Å². The molecule has 0 saturated carbocycles. The molecule has 2 aromatic heterocycles. The Kier molecular flexibility index (Phi) is 5.66. The summed E-state index contributed by atoms with van der Waals surface area (Å²) in [4.78, 5) is 11.2. The summed E-state index contributed by atoms with van der Waals surface area (Å²) in [5.74, 6) is 1.19. The van der Waals surface area contributed by atoms with Gasteiger partial charge >= 0.3 is 6.01 Å². The van der Waals surface area contributed by atoms with Crippen LogP contribution in [-0.2, 0) is 6.54 Å². The molecule has 5 aromatic rings. The molecule has 0 saturated heterocycles. The van der Waals surface area contributed by atoms with E-state index in [0.29, 0.717) is 5.89 Å². The number of hydrogen-bond donors (Lipinski definition) is 1. The first-order valence-electron chi connectivity index (χ1n) is 9.84. The van der Waals surface area contributed by atoms with Gasteiger partial charge in [-0.2, -0.15) is 0 Å². The number of ether oxygens (including phenoxy) is 1. The third-order valence-electron chi connectivity index (χ3n) is 5.04. The maximum absolute atomic E-state index is 11.2. The molecule has 2 N–H and O–H groups in total. The number of anilines is 1. The lowest BCUT2D eigenvalue weighted by Crippen LogP contribution is -1.95. The van der Waals surface area contributed by atoms with Crippen LogP contribution in [0.15, 0.2) is 71.1 Å². The maximum atomic E-state index is 11.2. The second-order valence-electron chi connectivity index (χ2n) is 6.80. The molecule has 7 heteroatoms. The van der Waals surface area contributed by atoms with Crippen molar-refractivity contribution >= 4 is 34.1 Å². The number of rotatable bonds is 4. The number of benzene rings is 3. The number of carbonyl (C=O) groups excluding carboxylic acids is 1. The molecule has 5 rings (SSSR count). The third-order valence-corrected chi connectivity index (χ3v) is 5.04. The van der Waals surface area contributed by atoms with Crippen molar-refractivity contribution in [3.8, 4) is 17.2 Å². The van der Waals surface area contributed by atoms with E-state index in [1.807, 2.05) is 48.5 Å². The van der Waals surface area contributed by atoms with Gasteiger partial charge in [0, 0.05) is 34.0 Å². The van der Waals surface area contributed by atoms with Gasteiger partial charge in [0.25, 0.3) is 0 Å². The first-order chi connectivity index (χ1) is 15.2. The van der Waals surface area contributed by atoms with Crippen molar-refractivity contribution in [2.24, 2.45) is 0 Å². The predicted molar refractivity (Wildman–Crippen MR) is 121 cm³/mol. The fraction of sp³-hybridized carbons (Fsp3) is 0.125. The van der Waals surface area contributed by atoms with E-state index < -0.39 is 0 Å². The summed E-state index contributed by atoms with van der Waals surface area (Å²) in [5, 5.41) is 9.70. The molecule has 0 atom stereocenters. The lowest BCUT2D eigenvalue weighted by molar-refractivity contribution is 0.112. The monoisotopic (exact) mass is 414 g/mol. The van der Waals surface area contributed by atoms with E-state index in [2.05, 4.69) is 39.9 Å². The van der Waals surface area contributed by atoms with Gasteiger partial charge in [0.05, 0.1) is 12.6 Å². The number of methoxy groups -OCH3 is 1. The lowest BCUT2D eigenvalue weighted by Gasteiger charge is -2.04. The lowest BCUT2D eigenvalue weighted by atomic mass is 10.1. The van der Waals surface area contributed by atoms with E-state index in [1.54, 1.807) is 7.11 Å². The standard InChI is InChI=1S/C15H13NO.C9H9N3O2/c1-2-16-14-9-4-3-7-12(14)13-8-5-6-11(10-17)15(13)16;1-13-7-4-2-6(3-5-7)8-11-12-9(10)14-8/h3-10H,2H2,1H3;2-5H,1H3,(H2,10,12). The molecule has 3 aromatic carbocycles. The Morgan fingerprint density at radius 3 is 2.39 bits per heavy atom. The average Bonchev–Trinajstić information content (AvgIpc) is 3.40. The van der Waals surface area contributed by atoms with Gasteiger partial charge in [0.15, 0.2) is 6.29 Å². The normalized spacial score (nSPS) is 10.6. The molecule has 0 aliphatic carbocycles. The number of aryl methyl sites for hydroxylation is 1. The molecule has 0 unspecified atom stereocenters. The second kappa shape index (κ2) is 8.71. The van der Waals surface area contributed by atoms with E-state index in [-0.39, 0.29) is 6.01 Å². The van der Waals surface area contributed by atoms with Gasteiger partial charge in [-0.1, -0.05) is 35.4 Å². The van der Waals surface area contributed by atoms with E-state index in [0.717, 1.165) is 40.6 Å². The fourth-order valence-corrected chi connectivity index (χ4v) is 3.65. The highest BCUT2D eigenvalue weighted by Crippen LogP contribution is 2.30. The Morgan fingerprint density at radius 2 is 1.74 bits per heavy atom. The van der Waals surface area contributed by atoms with E-state index in [1.165, 1.54) is 10.9 Å². The van der Waals surface area contributed by atoms with Crippen molar-refractivity contribution in [1.82, 2.24) is 14.8 Å². The van der Waals surface area contributed by atoms with E-state index in [4.69, 9.17) is 14.9 Å². The summed E-state index contributed by atoms with van der Waals surface area (Å²) in [7, 11) is 1.61. The van der Waals surface area contributed by atoms with Crippen LogP contribution in [0.5, 0.6) is 5.75 Å². The molecule has 0 radical (unpaired) electrons. The van der Waals surface area contributed by atoms with Crippen LogP contribution in [0.3, 0.4) is 0 Å². The number of nitrogens with two attached hydrogens (primary N) is 1. The van der Waals surface area contributed by atoms with Gasteiger partial charge in [0.1, 0.15) is 5.75 Å². The van der Waals surface area contributed by atoms with Gasteiger partial charge in [-0.15, -0.1) is 5.10 Å². The SMILES string of the molecule is CCn1c2ccccc2c2cccc(C=O)c21.COc1ccc(-c2nnc(N)o2)cc1. The molecule has 0 amide bonds. The number of aromatic nitrogens is 3. The molecule has 0 bridgehead atoms. The number of nitrogens with zero attached hydrogens (tertiary/aromatic N) is 3. The van der Waals surface area contributed by atoms with Crippen molar-refractivity contribution in [3.05, 3.63) is 72.3 Å². The summed E-state index contributed by atoms with van der Waals surface area (Å²) >= 11 is 0. The highest BCUT2D eigenvalue weighted by molar-refractivity contribution is 6.12. The molecular weight excluding hydrogens is 392 g/mol. The molecule has 0 fully saturated rings. The zero-order chi connectivity index (χ0) is 21.8. The first kappa shape index (κ1) is 20.2. The Balaban J connectivity index is 0.000000152. The van der Waals surface area contributed by atoms with Gasteiger partial charge in [-0.05, 0) is 43.3 Å². The highest BCUT2D eigenvalue weighted by atomic mass is 16.5. The molecule has 0 spiro atoms. The van der Waals surface area contributed by atoms with Crippen LogP contribution < -0.4 is 10.5 Å². The summed E-state index contributed by atoms with van der Waals surface area (Å²) in [6, 6.07) is 21.5. The number of hydrogen-bond acceptors (Lipinski definition) is 6. The Labute approximate surface area is 179 Å². The van der Waals surface area contributed by atoms with Crippen molar-refractivity contribution < 1.29 is 13.9 Å². The van der Waals surface area contributed by atoms with Crippen LogP contribution in [0.25, 0.3) is 33.3 Å². The van der Waals surface area contributed by atoms with Gasteiger partial charge in [-0.3, -0.25) is 4.79 Å². The smallest absolute Gasteiger partial charge is 0.313 e. The highest BCUT2D eigenvalue weighted by Gasteiger charge is 2.11. The minimum Gasteiger partial charge on any atom is -0.497 e. The van der Waals surface area contributed by atoms with Crippen molar-refractivity contribution in [3.63, 3.8) is 0 Å². The fourth-order valence-electron chi connectivity index (χ4n) is 3.65. The van der Waals surface area contributed by atoms with Crippen molar-refractivity contribution in [2.45, 2.75) is 13.5 Å². The molecule has 0 aliphatic rings. The Morgan fingerprint density at radius 1 is 1.00 bits per heavy atom. The van der Waals surface area contributed by atoms with Crippen LogP contribution in [0, 0.1) is 0 Å². The Bertz CT molecular complexity index is 1340. The number of carbonyl (C=O) groups is 1. The quantitative estimate of drug-likeness (QED) is 0.418. The number of nitrogen functional groups attached to an aromatic ring is 1. The van der Waals surface area contributed by atoms with Gasteiger partial charge in [0.2, 0.25) is 5.89 Å². The second-order valence-corrected chi connectivity index (χ2v) is 6.80. The van der Waals surface area contributed by atoms with Crippen LogP contribution in [0.2, 0.25) is 0 Å². The maximum Gasteiger partial charge on any atom is 0.313 e. The average molecular weight is 414 g/mol. The van der Waals surface area contributed by atoms with Crippen LogP contribution in [0.4, 0.5) is 6.01 Å². The molecule has 0 aliphatic heterocycles. The Hall–Kier alpha value is -4.13. The summed E-state index contributed by atoms with van der Waals surface area (Å²) in [6.07, 6.45) is 0.938. The minimum atomic E-state index is 0.0656. The molecule has 156 valence electrons.